The highest BCUT2D eigenvalue weighted by Gasteiger charge is 2.41. The Balaban J connectivity index is 2.48. The first-order valence-corrected chi connectivity index (χ1v) is 7.40. The number of hydrogen-bond donors (Lipinski definition) is 0. The molecule has 0 heterocycles. The summed E-state index contributed by atoms with van der Waals surface area (Å²) in [5, 5.41) is 0. The monoisotopic (exact) mass is 224 g/mol. The summed E-state index contributed by atoms with van der Waals surface area (Å²) in [7, 11) is 0. The van der Waals surface area contributed by atoms with E-state index in [1.54, 1.807) is 0 Å². The van der Waals surface area contributed by atoms with E-state index < -0.39 is 0 Å². The highest BCUT2D eigenvalue weighted by molar-refractivity contribution is 4.90. The summed E-state index contributed by atoms with van der Waals surface area (Å²) in [5.41, 5.74) is 0. The van der Waals surface area contributed by atoms with E-state index in [9.17, 15) is 0 Å². The largest absolute Gasteiger partial charge is 0.0651 e. The zero-order valence-electron chi connectivity index (χ0n) is 12.5. The topological polar surface area (TPSA) is 0 Å². The molecule has 0 N–H and O–H groups in total. The van der Waals surface area contributed by atoms with Crippen molar-refractivity contribution in [2.45, 2.75) is 61.3 Å². The van der Waals surface area contributed by atoms with Gasteiger partial charge >= 0.3 is 0 Å². The standard InChI is InChI=1S/C16H32/c1-8-10(2)12(4)13(5)14(6)15(7)16-9-11(16)3/h10-16H,8-9H2,1-7H3. The first-order chi connectivity index (χ1) is 7.40. The van der Waals surface area contributed by atoms with Crippen molar-refractivity contribution in [3.05, 3.63) is 0 Å². The second-order valence-corrected chi connectivity index (χ2v) is 6.70. The summed E-state index contributed by atoms with van der Waals surface area (Å²) in [6, 6.07) is 0. The lowest BCUT2D eigenvalue weighted by atomic mass is 9.72. The van der Waals surface area contributed by atoms with Crippen LogP contribution in [0.3, 0.4) is 0 Å². The maximum Gasteiger partial charge on any atom is -0.0357 e. The predicted octanol–water partition coefficient (Wildman–Crippen LogP) is 5.23. The number of rotatable bonds is 6. The van der Waals surface area contributed by atoms with Crippen molar-refractivity contribution in [1.29, 1.82) is 0 Å². The Hall–Kier alpha value is 0. The molecule has 1 aliphatic carbocycles. The van der Waals surface area contributed by atoms with Crippen LogP contribution < -0.4 is 0 Å². The van der Waals surface area contributed by atoms with Crippen molar-refractivity contribution in [3.8, 4) is 0 Å². The van der Waals surface area contributed by atoms with Gasteiger partial charge in [-0.25, -0.2) is 0 Å². The van der Waals surface area contributed by atoms with E-state index in [4.69, 9.17) is 0 Å². The highest BCUT2D eigenvalue weighted by Crippen LogP contribution is 2.48. The second-order valence-electron chi connectivity index (χ2n) is 6.70. The van der Waals surface area contributed by atoms with Gasteiger partial charge < -0.3 is 0 Å². The molecule has 0 nitrogen and oxygen atoms in total. The van der Waals surface area contributed by atoms with Crippen molar-refractivity contribution in [3.63, 3.8) is 0 Å². The molecule has 0 spiro atoms. The van der Waals surface area contributed by atoms with Gasteiger partial charge in [-0.15, -0.1) is 0 Å². The van der Waals surface area contributed by atoms with Crippen LogP contribution in [0.5, 0.6) is 0 Å². The zero-order valence-corrected chi connectivity index (χ0v) is 12.5. The van der Waals surface area contributed by atoms with Gasteiger partial charge in [-0.1, -0.05) is 54.9 Å². The van der Waals surface area contributed by atoms with Crippen LogP contribution in [-0.4, -0.2) is 0 Å². The molecule has 16 heavy (non-hydrogen) atoms. The first kappa shape index (κ1) is 14.1. The van der Waals surface area contributed by atoms with Crippen LogP contribution in [0, 0.1) is 41.4 Å². The third-order valence-corrected chi connectivity index (χ3v) is 5.88. The lowest BCUT2D eigenvalue weighted by Gasteiger charge is -2.34. The molecule has 0 saturated heterocycles. The van der Waals surface area contributed by atoms with Crippen LogP contribution in [0.15, 0.2) is 0 Å². The van der Waals surface area contributed by atoms with Gasteiger partial charge in [0.15, 0.2) is 0 Å². The van der Waals surface area contributed by atoms with E-state index in [-0.39, 0.29) is 0 Å². The van der Waals surface area contributed by atoms with E-state index in [0.29, 0.717) is 0 Å². The Kier molecular flexibility index (Phi) is 4.88. The lowest BCUT2D eigenvalue weighted by Crippen LogP contribution is -2.27. The minimum atomic E-state index is 0.872. The number of hydrogen-bond acceptors (Lipinski definition) is 0. The Morgan fingerprint density at radius 3 is 1.81 bits per heavy atom. The summed E-state index contributed by atoms with van der Waals surface area (Å²) < 4.78 is 0. The Labute approximate surface area is 103 Å². The highest BCUT2D eigenvalue weighted by atomic mass is 14.5. The molecule has 96 valence electrons. The molecule has 0 aromatic rings. The quantitative estimate of drug-likeness (QED) is 0.579. The molecule has 1 aliphatic rings. The van der Waals surface area contributed by atoms with Crippen LogP contribution in [0.2, 0.25) is 0 Å². The third-order valence-electron chi connectivity index (χ3n) is 5.88. The summed E-state index contributed by atoms with van der Waals surface area (Å²) in [4.78, 5) is 0. The van der Waals surface area contributed by atoms with Crippen LogP contribution in [0.4, 0.5) is 0 Å². The molecular weight excluding hydrogens is 192 g/mol. The van der Waals surface area contributed by atoms with E-state index in [1.165, 1.54) is 12.8 Å². The molecule has 1 saturated carbocycles. The summed E-state index contributed by atoms with van der Waals surface area (Å²) in [6.07, 6.45) is 2.81. The SMILES string of the molecule is CCC(C)C(C)C(C)C(C)C(C)C1CC1C. The lowest BCUT2D eigenvalue weighted by molar-refractivity contribution is 0.153. The molecular formula is C16H32. The molecule has 1 fully saturated rings. The van der Waals surface area contributed by atoms with E-state index in [0.717, 1.165) is 41.4 Å². The van der Waals surface area contributed by atoms with E-state index in [1.807, 2.05) is 0 Å². The van der Waals surface area contributed by atoms with Gasteiger partial charge in [-0.05, 0) is 47.8 Å². The average molecular weight is 224 g/mol. The van der Waals surface area contributed by atoms with Gasteiger partial charge in [0.2, 0.25) is 0 Å². The normalized spacial score (nSPS) is 33.9. The fourth-order valence-electron chi connectivity index (χ4n) is 3.32. The van der Waals surface area contributed by atoms with Crippen molar-refractivity contribution >= 4 is 0 Å². The van der Waals surface area contributed by atoms with E-state index >= 15 is 0 Å². The molecule has 7 atom stereocenters. The van der Waals surface area contributed by atoms with Crippen molar-refractivity contribution in [2.75, 3.05) is 0 Å². The average Bonchev–Trinajstić information content (AvgIpc) is 3.01. The zero-order chi connectivity index (χ0) is 12.5. The minimum Gasteiger partial charge on any atom is -0.0651 e. The maximum absolute atomic E-state index is 2.49. The smallest absolute Gasteiger partial charge is 0.0357 e. The molecule has 0 bridgehead atoms. The van der Waals surface area contributed by atoms with Crippen molar-refractivity contribution in [2.24, 2.45) is 41.4 Å². The van der Waals surface area contributed by atoms with E-state index in [2.05, 4.69) is 48.5 Å². The third kappa shape index (κ3) is 3.02. The minimum absolute atomic E-state index is 0.872. The van der Waals surface area contributed by atoms with Gasteiger partial charge in [0, 0.05) is 0 Å². The molecule has 0 radical (unpaired) electrons. The Morgan fingerprint density at radius 2 is 1.44 bits per heavy atom. The van der Waals surface area contributed by atoms with Gasteiger partial charge in [0.25, 0.3) is 0 Å². The molecule has 0 amide bonds. The van der Waals surface area contributed by atoms with Gasteiger partial charge in [-0.3, -0.25) is 0 Å². The van der Waals surface area contributed by atoms with Crippen LogP contribution in [-0.2, 0) is 0 Å². The maximum atomic E-state index is 2.49. The fourth-order valence-corrected chi connectivity index (χ4v) is 3.32. The molecule has 0 heteroatoms. The fraction of sp³-hybridized carbons (Fsp3) is 1.00. The summed E-state index contributed by atoms with van der Waals surface area (Å²) >= 11 is 0. The van der Waals surface area contributed by atoms with Gasteiger partial charge in [0.1, 0.15) is 0 Å². The molecule has 0 aromatic carbocycles. The second kappa shape index (κ2) is 5.56. The predicted molar refractivity (Wildman–Crippen MR) is 73.4 cm³/mol. The van der Waals surface area contributed by atoms with Gasteiger partial charge in [0.05, 0.1) is 0 Å². The Bertz CT molecular complexity index is 194. The summed E-state index contributed by atoms with van der Waals surface area (Å²) in [6.45, 7) is 17.1. The Morgan fingerprint density at radius 1 is 0.938 bits per heavy atom. The molecule has 1 rings (SSSR count). The molecule has 0 aromatic heterocycles. The summed E-state index contributed by atoms with van der Waals surface area (Å²) in [5.74, 6) is 6.47. The van der Waals surface area contributed by atoms with Crippen LogP contribution >= 0.6 is 0 Å². The van der Waals surface area contributed by atoms with Crippen LogP contribution in [0.1, 0.15) is 61.3 Å². The van der Waals surface area contributed by atoms with Crippen molar-refractivity contribution < 1.29 is 0 Å². The molecule has 0 aliphatic heterocycles. The first-order valence-electron chi connectivity index (χ1n) is 7.40. The van der Waals surface area contributed by atoms with Crippen molar-refractivity contribution in [1.82, 2.24) is 0 Å². The molecule has 7 unspecified atom stereocenters. The van der Waals surface area contributed by atoms with Crippen LogP contribution in [0.25, 0.3) is 0 Å². The van der Waals surface area contributed by atoms with Gasteiger partial charge in [-0.2, -0.15) is 0 Å².